The highest BCUT2D eigenvalue weighted by molar-refractivity contribution is 5.79. The summed E-state index contributed by atoms with van der Waals surface area (Å²) >= 11 is 0. The van der Waals surface area contributed by atoms with E-state index in [0.717, 1.165) is 5.56 Å². The van der Waals surface area contributed by atoms with Gasteiger partial charge < -0.3 is 10.6 Å². The van der Waals surface area contributed by atoms with Crippen LogP contribution in [0.5, 0.6) is 0 Å². The van der Waals surface area contributed by atoms with E-state index in [0.29, 0.717) is 17.8 Å². The average molecular weight is 342 g/mol. The van der Waals surface area contributed by atoms with Crippen molar-refractivity contribution in [1.82, 2.24) is 19.9 Å². The lowest BCUT2D eigenvalue weighted by molar-refractivity contribution is 0.616. The van der Waals surface area contributed by atoms with Crippen LogP contribution >= 0.6 is 0 Å². The molecule has 0 aliphatic carbocycles. The van der Waals surface area contributed by atoms with Gasteiger partial charge in [0.2, 0.25) is 17.8 Å². The number of hydrogen-bond donors (Lipinski definition) is 3. The van der Waals surface area contributed by atoms with Crippen LogP contribution in [0.2, 0.25) is 0 Å². The van der Waals surface area contributed by atoms with Crippen LogP contribution in [0.15, 0.2) is 29.6 Å². The van der Waals surface area contributed by atoms with Crippen LogP contribution in [0, 0.1) is 0 Å². The Morgan fingerprint density at radius 1 is 0.880 bits per heavy atom. The second kappa shape index (κ2) is 7.42. The van der Waals surface area contributed by atoms with Gasteiger partial charge in [-0.3, -0.25) is 4.98 Å². The highest BCUT2D eigenvalue weighted by Gasteiger charge is 2.16. The molecule has 0 atom stereocenters. The maximum atomic E-state index is 4.42. The first kappa shape index (κ1) is 18.6. The summed E-state index contributed by atoms with van der Waals surface area (Å²) in [6.45, 7) is 12.3. The third-order valence-electron chi connectivity index (χ3n) is 2.67. The van der Waals surface area contributed by atoms with Crippen molar-refractivity contribution in [2.45, 2.75) is 52.6 Å². The normalized spacial score (nSPS) is 12.2. The lowest BCUT2D eigenvalue weighted by Gasteiger charge is -2.23. The Hall–Kier alpha value is -2.77. The molecule has 0 aliphatic heterocycles. The minimum atomic E-state index is -0.170. The highest BCUT2D eigenvalue weighted by Crippen LogP contribution is 2.16. The third-order valence-corrected chi connectivity index (χ3v) is 2.67. The van der Waals surface area contributed by atoms with Crippen LogP contribution in [0.3, 0.4) is 0 Å². The zero-order valence-electron chi connectivity index (χ0n) is 15.6. The van der Waals surface area contributed by atoms with Gasteiger partial charge in [0.25, 0.3) is 0 Å². The van der Waals surface area contributed by atoms with Crippen LogP contribution in [0.4, 0.5) is 17.8 Å². The zero-order chi connectivity index (χ0) is 18.5. The van der Waals surface area contributed by atoms with Gasteiger partial charge in [-0.25, -0.2) is 5.43 Å². The fourth-order valence-electron chi connectivity index (χ4n) is 1.83. The van der Waals surface area contributed by atoms with Crippen molar-refractivity contribution in [3.63, 3.8) is 0 Å². The lowest BCUT2D eigenvalue weighted by atomic mass is 10.1. The Morgan fingerprint density at radius 2 is 1.44 bits per heavy atom. The summed E-state index contributed by atoms with van der Waals surface area (Å²) in [5, 5.41) is 10.7. The summed E-state index contributed by atoms with van der Waals surface area (Å²) in [6.07, 6.45) is 5.09. The Kier molecular flexibility index (Phi) is 5.51. The number of hydrazone groups is 1. The number of aromatic nitrogens is 4. The Balaban J connectivity index is 2.21. The first-order chi connectivity index (χ1) is 11.6. The topological polar surface area (TPSA) is 100 Å². The van der Waals surface area contributed by atoms with Gasteiger partial charge in [0.15, 0.2) is 0 Å². The molecule has 25 heavy (non-hydrogen) atoms. The van der Waals surface area contributed by atoms with E-state index in [1.54, 1.807) is 18.6 Å². The Morgan fingerprint density at radius 3 is 1.92 bits per heavy atom. The summed E-state index contributed by atoms with van der Waals surface area (Å²) in [4.78, 5) is 17.2. The maximum Gasteiger partial charge on any atom is 0.250 e. The van der Waals surface area contributed by atoms with E-state index >= 15 is 0 Å². The van der Waals surface area contributed by atoms with E-state index in [1.165, 1.54) is 0 Å². The van der Waals surface area contributed by atoms with Gasteiger partial charge in [0.1, 0.15) is 0 Å². The standard InChI is InChI=1S/C17H26N8/c1-16(2,3)23-13-20-14(24-17(4,5)6)22-15(21-13)25-19-11-12-8-7-9-18-10-12/h7-11H,1-6H3,(H3,20,21,22,23,24,25)/b19-11-. The monoisotopic (exact) mass is 342 g/mol. The molecule has 0 spiro atoms. The number of nitrogens with one attached hydrogen (secondary N) is 3. The first-order valence-electron chi connectivity index (χ1n) is 8.12. The van der Waals surface area contributed by atoms with E-state index in [1.807, 2.05) is 53.7 Å². The van der Waals surface area contributed by atoms with Crippen molar-refractivity contribution in [1.29, 1.82) is 0 Å². The molecular formula is C17H26N8. The van der Waals surface area contributed by atoms with Crippen molar-refractivity contribution in [3.05, 3.63) is 30.1 Å². The summed E-state index contributed by atoms with van der Waals surface area (Å²) < 4.78 is 0. The number of anilines is 3. The molecule has 0 aromatic carbocycles. The predicted molar refractivity (Wildman–Crippen MR) is 102 cm³/mol. The minimum absolute atomic E-state index is 0.170. The number of rotatable bonds is 5. The quantitative estimate of drug-likeness (QED) is 0.567. The molecule has 3 N–H and O–H groups in total. The molecule has 8 nitrogen and oxygen atoms in total. The molecule has 0 radical (unpaired) electrons. The summed E-state index contributed by atoms with van der Waals surface area (Å²) in [5.41, 5.74) is 3.38. The molecule has 0 aliphatic rings. The van der Waals surface area contributed by atoms with Gasteiger partial charge in [0, 0.05) is 29.0 Å². The highest BCUT2D eigenvalue weighted by atomic mass is 15.4. The van der Waals surface area contributed by atoms with Crippen molar-refractivity contribution in [2.75, 3.05) is 16.1 Å². The van der Waals surface area contributed by atoms with Crippen LogP contribution in [-0.2, 0) is 0 Å². The second-order valence-electron chi connectivity index (χ2n) is 7.71. The molecule has 0 bridgehead atoms. The van der Waals surface area contributed by atoms with Gasteiger partial charge >= 0.3 is 0 Å². The predicted octanol–water partition coefficient (Wildman–Crippen LogP) is 3.13. The summed E-state index contributed by atoms with van der Waals surface area (Å²) in [7, 11) is 0. The summed E-state index contributed by atoms with van der Waals surface area (Å²) in [6, 6.07) is 3.76. The van der Waals surface area contributed by atoms with Gasteiger partial charge in [-0.2, -0.15) is 20.1 Å². The van der Waals surface area contributed by atoms with E-state index in [2.05, 4.69) is 41.1 Å². The van der Waals surface area contributed by atoms with E-state index in [9.17, 15) is 0 Å². The van der Waals surface area contributed by atoms with Crippen molar-refractivity contribution in [3.8, 4) is 0 Å². The fourth-order valence-corrected chi connectivity index (χ4v) is 1.83. The number of hydrogen-bond acceptors (Lipinski definition) is 8. The van der Waals surface area contributed by atoms with Crippen LogP contribution in [0.1, 0.15) is 47.1 Å². The van der Waals surface area contributed by atoms with Crippen molar-refractivity contribution < 1.29 is 0 Å². The summed E-state index contributed by atoms with van der Waals surface area (Å²) in [5.74, 6) is 1.32. The molecule has 0 saturated carbocycles. The molecule has 0 fully saturated rings. The first-order valence-corrected chi connectivity index (χ1v) is 8.12. The molecule has 2 rings (SSSR count). The average Bonchev–Trinajstić information content (AvgIpc) is 2.44. The third kappa shape index (κ3) is 7.11. The molecule has 0 unspecified atom stereocenters. The molecule has 2 aromatic rings. The van der Waals surface area contributed by atoms with Gasteiger partial charge in [0.05, 0.1) is 6.21 Å². The van der Waals surface area contributed by atoms with Gasteiger partial charge in [-0.05, 0) is 47.6 Å². The van der Waals surface area contributed by atoms with Crippen LogP contribution in [-0.4, -0.2) is 37.2 Å². The largest absolute Gasteiger partial charge is 0.349 e. The smallest absolute Gasteiger partial charge is 0.250 e. The fraction of sp³-hybridized carbons (Fsp3) is 0.471. The molecule has 0 saturated heterocycles. The molecule has 0 amide bonds. The van der Waals surface area contributed by atoms with Crippen LogP contribution < -0.4 is 16.1 Å². The van der Waals surface area contributed by atoms with Crippen molar-refractivity contribution in [2.24, 2.45) is 5.10 Å². The van der Waals surface area contributed by atoms with Gasteiger partial charge in [-0.15, -0.1) is 0 Å². The van der Waals surface area contributed by atoms with Crippen molar-refractivity contribution >= 4 is 24.1 Å². The second-order valence-corrected chi connectivity index (χ2v) is 7.71. The Labute approximate surface area is 148 Å². The molecular weight excluding hydrogens is 316 g/mol. The van der Waals surface area contributed by atoms with Crippen LogP contribution in [0.25, 0.3) is 0 Å². The zero-order valence-corrected chi connectivity index (χ0v) is 15.6. The molecule has 8 heteroatoms. The van der Waals surface area contributed by atoms with E-state index in [4.69, 9.17) is 0 Å². The number of pyridine rings is 1. The van der Waals surface area contributed by atoms with E-state index in [-0.39, 0.29) is 11.1 Å². The maximum absolute atomic E-state index is 4.42. The molecule has 2 aromatic heterocycles. The minimum Gasteiger partial charge on any atom is -0.349 e. The number of nitrogens with zero attached hydrogens (tertiary/aromatic N) is 5. The molecule has 2 heterocycles. The van der Waals surface area contributed by atoms with E-state index < -0.39 is 0 Å². The van der Waals surface area contributed by atoms with Gasteiger partial charge in [-0.1, -0.05) is 6.07 Å². The SMILES string of the molecule is CC(C)(C)Nc1nc(N/N=C\c2cccnc2)nc(NC(C)(C)C)n1. The Bertz CT molecular complexity index is 679. The molecule has 134 valence electrons. The lowest BCUT2D eigenvalue weighted by Crippen LogP contribution is -2.30.